The van der Waals surface area contributed by atoms with Crippen LogP contribution in [0.2, 0.25) is 0 Å². The maximum atomic E-state index is 12.9. The zero-order valence-electron chi connectivity index (χ0n) is 16.9. The fraction of sp³-hybridized carbons (Fsp3) is 0.0800. The smallest absolute Gasteiger partial charge is 0.290 e. The molecule has 0 saturated carbocycles. The molecule has 0 aliphatic carbocycles. The highest BCUT2D eigenvalue weighted by Gasteiger charge is 2.24. The zero-order chi connectivity index (χ0) is 21.8. The first-order valence-corrected chi connectivity index (χ1v) is 10.6. The minimum Gasteiger partial charge on any atom is -0.337 e. The molecule has 1 heterocycles. The predicted molar refractivity (Wildman–Crippen MR) is 123 cm³/mol. The third kappa shape index (κ3) is 4.92. The van der Waals surface area contributed by atoms with Crippen molar-refractivity contribution in [3.8, 4) is 11.1 Å². The SMILES string of the molecule is CN(Cc1ccccc1)C(=O)c1cccc(-c2ccc(/C=C3/SC(=O)NC3=O)cc2)c1. The van der Waals surface area contributed by atoms with E-state index in [9.17, 15) is 14.4 Å². The lowest BCUT2D eigenvalue weighted by atomic mass is 10.0. The number of imide groups is 1. The van der Waals surface area contributed by atoms with Gasteiger partial charge < -0.3 is 4.90 Å². The Labute approximate surface area is 184 Å². The number of rotatable bonds is 5. The van der Waals surface area contributed by atoms with Gasteiger partial charge in [-0.15, -0.1) is 0 Å². The van der Waals surface area contributed by atoms with Crippen LogP contribution in [0.15, 0.2) is 83.8 Å². The number of thioether (sulfide) groups is 1. The van der Waals surface area contributed by atoms with E-state index in [-0.39, 0.29) is 17.1 Å². The maximum Gasteiger partial charge on any atom is 0.290 e. The number of carbonyl (C=O) groups is 3. The third-order valence-corrected chi connectivity index (χ3v) is 5.71. The van der Waals surface area contributed by atoms with E-state index in [0.29, 0.717) is 17.0 Å². The van der Waals surface area contributed by atoms with Gasteiger partial charge in [-0.1, -0.05) is 66.7 Å². The van der Waals surface area contributed by atoms with Gasteiger partial charge in [-0.3, -0.25) is 19.7 Å². The highest BCUT2D eigenvalue weighted by atomic mass is 32.2. The first-order valence-electron chi connectivity index (χ1n) is 9.74. The lowest BCUT2D eigenvalue weighted by Crippen LogP contribution is -2.26. The van der Waals surface area contributed by atoms with Crippen molar-refractivity contribution in [1.82, 2.24) is 10.2 Å². The minimum absolute atomic E-state index is 0.0407. The van der Waals surface area contributed by atoms with Crippen LogP contribution in [0.25, 0.3) is 17.2 Å². The van der Waals surface area contributed by atoms with Gasteiger partial charge in [0.1, 0.15) is 0 Å². The third-order valence-electron chi connectivity index (χ3n) is 4.90. The first-order chi connectivity index (χ1) is 15.0. The van der Waals surface area contributed by atoms with Gasteiger partial charge in [0, 0.05) is 19.2 Å². The van der Waals surface area contributed by atoms with Gasteiger partial charge in [0.25, 0.3) is 17.1 Å². The van der Waals surface area contributed by atoms with Crippen LogP contribution < -0.4 is 5.32 Å². The second kappa shape index (κ2) is 9.02. The zero-order valence-corrected chi connectivity index (χ0v) is 17.7. The second-order valence-electron chi connectivity index (χ2n) is 7.20. The molecule has 0 aromatic heterocycles. The van der Waals surface area contributed by atoms with Crippen molar-refractivity contribution < 1.29 is 14.4 Å². The van der Waals surface area contributed by atoms with E-state index in [2.05, 4.69) is 5.32 Å². The summed E-state index contributed by atoms with van der Waals surface area (Å²) in [6, 6.07) is 25.1. The van der Waals surface area contributed by atoms with E-state index in [4.69, 9.17) is 0 Å². The summed E-state index contributed by atoms with van der Waals surface area (Å²) in [5.74, 6) is -0.411. The Hall–Kier alpha value is -3.64. The first kappa shape index (κ1) is 20.6. The van der Waals surface area contributed by atoms with E-state index in [1.165, 1.54) is 0 Å². The molecule has 6 heteroatoms. The van der Waals surface area contributed by atoms with Gasteiger partial charge in [0.15, 0.2) is 0 Å². The van der Waals surface area contributed by atoms with Crippen molar-refractivity contribution in [3.05, 3.63) is 100 Å². The van der Waals surface area contributed by atoms with Crippen molar-refractivity contribution >= 4 is 34.9 Å². The molecule has 3 aromatic rings. The van der Waals surface area contributed by atoms with Gasteiger partial charge in [-0.05, 0) is 52.2 Å². The average Bonchev–Trinajstić information content (AvgIpc) is 3.11. The van der Waals surface area contributed by atoms with E-state index in [1.807, 2.05) is 78.9 Å². The quantitative estimate of drug-likeness (QED) is 0.584. The van der Waals surface area contributed by atoms with Crippen LogP contribution in [0.4, 0.5) is 4.79 Å². The summed E-state index contributed by atoms with van der Waals surface area (Å²) < 4.78 is 0. The average molecular weight is 429 g/mol. The van der Waals surface area contributed by atoms with Gasteiger partial charge >= 0.3 is 0 Å². The number of hydrogen-bond donors (Lipinski definition) is 1. The van der Waals surface area contributed by atoms with Gasteiger partial charge in [-0.25, -0.2) is 0 Å². The van der Waals surface area contributed by atoms with Crippen LogP contribution in [0, 0.1) is 0 Å². The molecule has 1 saturated heterocycles. The van der Waals surface area contributed by atoms with Crippen LogP contribution >= 0.6 is 11.8 Å². The fourth-order valence-corrected chi connectivity index (χ4v) is 4.01. The second-order valence-corrected chi connectivity index (χ2v) is 8.22. The molecule has 0 atom stereocenters. The lowest BCUT2D eigenvalue weighted by molar-refractivity contribution is -0.115. The standard InChI is InChI=1S/C25H20N2O3S/c1-27(16-18-6-3-2-4-7-18)24(29)21-9-5-8-20(15-21)19-12-10-17(11-13-19)14-22-23(28)26-25(30)31-22/h2-15H,16H2,1H3,(H,26,28,30)/b22-14+. The van der Waals surface area contributed by atoms with Crippen molar-refractivity contribution in [3.63, 3.8) is 0 Å². The Bertz CT molecular complexity index is 1170. The number of nitrogens with one attached hydrogen (secondary N) is 1. The van der Waals surface area contributed by atoms with E-state index >= 15 is 0 Å². The van der Waals surface area contributed by atoms with Crippen molar-refractivity contribution in [2.24, 2.45) is 0 Å². The summed E-state index contributed by atoms with van der Waals surface area (Å²) in [5.41, 5.74) is 4.42. The molecule has 1 N–H and O–H groups in total. The number of amides is 3. The molecule has 0 bridgehead atoms. The topological polar surface area (TPSA) is 66.5 Å². The highest BCUT2D eigenvalue weighted by Crippen LogP contribution is 2.27. The van der Waals surface area contributed by atoms with Gasteiger partial charge in [0.2, 0.25) is 0 Å². The summed E-state index contributed by atoms with van der Waals surface area (Å²) in [5, 5.41) is 1.89. The molecule has 31 heavy (non-hydrogen) atoms. The monoisotopic (exact) mass is 428 g/mol. The van der Waals surface area contributed by atoms with Crippen molar-refractivity contribution in [2.45, 2.75) is 6.54 Å². The molecule has 1 aliphatic rings. The minimum atomic E-state index is -0.370. The fourth-order valence-electron chi connectivity index (χ4n) is 3.33. The van der Waals surface area contributed by atoms with E-state index in [0.717, 1.165) is 34.0 Å². The van der Waals surface area contributed by atoms with Crippen LogP contribution in [0.1, 0.15) is 21.5 Å². The molecule has 3 amide bonds. The maximum absolute atomic E-state index is 12.9. The normalized spacial score (nSPS) is 14.5. The van der Waals surface area contributed by atoms with Crippen LogP contribution in [0.5, 0.6) is 0 Å². The molecule has 0 unspecified atom stereocenters. The highest BCUT2D eigenvalue weighted by molar-refractivity contribution is 8.18. The molecule has 3 aromatic carbocycles. The Morgan fingerprint density at radius 3 is 2.35 bits per heavy atom. The summed E-state index contributed by atoms with van der Waals surface area (Å²) in [7, 11) is 1.80. The lowest BCUT2D eigenvalue weighted by Gasteiger charge is -2.18. The van der Waals surface area contributed by atoms with Crippen LogP contribution in [-0.2, 0) is 11.3 Å². The summed E-state index contributed by atoms with van der Waals surface area (Å²) in [6.45, 7) is 0.543. The Kier molecular flexibility index (Phi) is 6.00. The Morgan fingerprint density at radius 2 is 1.68 bits per heavy atom. The summed E-state index contributed by atoms with van der Waals surface area (Å²) in [6.07, 6.45) is 1.69. The molecular formula is C25H20N2O3S. The number of benzene rings is 3. The van der Waals surface area contributed by atoms with Crippen LogP contribution in [0.3, 0.4) is 0 Å². The van der Waals surface area contributed by atoms with E-state index in [1.54, 1.807) is 18.0 Å². The Morgan fingerprint density at radius 1 is 0.935 bits per heavy atom. The number of hydrogen-bond acceptors (Lipinski definition) is 4. The molecule has 5 nitrogen and oxygen atoms in total. The molecule has 0 radical (unpaired) electrons. The van der Waals surface area contributed by atoms with Crippen LogP contribution in [-0.4, -0.2) is 29.0 Å². The van der Waals surface area contributed by atoms with E-state index < -0.39 is 0 Å². The van der Waals surface area contributed by atoms with Gasteiger partial charge in [-0.2, -0.15) is 0 Å². The predicted octanol–water partition coefficient (Wildman–Crippen LogP) is 4.95. The molecular weight excluding hydrogens is 408 g/mol. The number of nitrogens with zero attached hydrogens (tertiary/aromatic N) is 1. The number of carbonyl (C=O) groups excluding carboxylic acids is 3. The van der Waals surface area contributed by atoms with Crippen molar-refractivity contribution in [2.75, 3.05) is 7.05 Å². The molecule has 154 valence electrons. The van der Waals surface area contributed by atoms with Crippen molar-refractivity contribution in [1.29, 1.82) is 0 Å². The Balaban J connectivity index is 1.50. The molecule has 1 aliphatic heterocycles. The molecule has 1 fully saturated rings. The molecule has 4 rings (SSSR count). The largest absolute Gasteiger partial charge is 0.337 e. The van der Waals surface area contributed by atoms with Gasteiger partial charge in [0.05, 0.1) is 4.91 Å². The molecule has 0 spiro atoms. The summed E-state index contributed by atoms with van der Waals surface area (Å²) >= 11 is 0.897. The summed E-state index contributed by atoms with van der Waals surface area (Å²) in [4.78, 5) is 38.0.